The van der Waals surface area contributed by atoms with Crippen molar-refractivity contribution in [3.05, 3.63) is 21.6 Å². The average Bonchev–Trinajstić information content (AvgIpc) is 2.80. The summed E-state index contributed by atoms with van der Waals surface area (Å²) in [6.45, 7) is 0. The zero-order chi connectivity index (χ0) is 12.0. The molecule has 0 radical (unpaired) electrons. The summed E-state index contributed by atoms with van der Waals surface area (Å²) in [7, 11) is 1.97. The minimum atomic E-state index is 0.0144. The van der Waals surface area contributed by atoms with E-state index in [9.17, 15) is 4.79 Å². The predicted octanol–water partition coefficient (Wildman–Crippen LogP) is 1.03. The van der Waals surface area contributed by atoms with E-state index in [0.29, 0.717) is 10.9 Å². The molecule has 5 nitrogen and oxygen atoms in total. The van der Waals surface area contributed by atoms with Crippen LogP contribution in [0, 0.1) is 0 Å². The summed E-state index contributed by atoms with van der Waals surface area (Å²) >= 11 is 1.46. The summed E-state index contributed by atoms with van der Waals surface area (Å²) in [5.41, 5.74) is 2.07. The Morgan fingerprint density at radius 1 is 1.29 bits per heavy atom. The number of aromatic nitrogens is 4. The zero-order valence-electron chi connectivity index (χ0n) is 9.93. The van der Waals surface area contributed by atoms with Crippen molar-refractivity contribution in [1.82, 2.24) is 19.2 Å². The van der Waals surface area contributed by atoms with Gasteiger partial charge in [0.1, 0.15) is 0 Å². The molecule has 0 N–H and O–H groups in total. The molecule has 6 heteroatoms. The summed E-state index contributed by atoms with van der Waals surface area (Å²) in [5, 5.41) is 4.89. The lowest BCUT2D eigenvalue weighted by atomic mass is 9.97. The Hall–Kier alpha value is -1.30. The molecule has 3 rings (SSSR count). The average molecular weight is 250 g/mol. The fraction of sp³-hybridized carbons (Fsp3) is 0.545. The normalized spacial score (nSPS) is 15.2. The fourth-order valence-electron chi connectivity index (χ4n) is 2.46. The van der Waals surface area contributed by atoms with Crippen LogP contribution in [0.25, 0.3) is 5.78 Å². The summed E-state index contributed by atoms with van der Waals surface area (Å²) in [6, 6.07) is 0. The second kappa shape index (κ2) is 3.87. The standard InChI is InChI=1S/C11H14N4OS/c1-14-8-6-4-3-5-7(8)9(16)15-11(14)12-10(13-15)17-2/h3-6H2,1-2H3. The van der Waals surface area contributed by atoms with Crippen molar-refractivity contribution in [2.24, 2.45) is 7.05 Å². The third kappa shape index (κ3) is 1.50. The highest BCUT2D eigenvalue weighted by atomic mass is 32.2. The van der Waals surface area contributed by atoms with E-state index in [1.54, 1.807) is 0 Å². The van der Waals surface area contributed by atoms with Gasteiger partial charge in [0.25, 0.3) is 5.56 Å². The second-order valence-electron chi connectivity index (χ2n) is 4.31. The van der Waals surface area contributed by atoms with Crippen LogP contribution in [-0.2, 0) is 19.9 Å². The molecular formula is C11H14N4OS. The molecule has 2 aromatic heterocycles. The lowest BCUT2D eigenvalue weighted by Gasteiger charge is -2.18. The maximum atomic E-state index is 12.3. The van der Waals surface area contributed by atoms with Crippen LogP contribution in [0.1, 0.15) is 24.1 Å². The number of aryl methyl sites for hydroxylation is 1. The third-order valence-corrected chi connectivity index (χ3v) is 3.89. The van der Waals surface area contributed by atoms with Gasteiger partial charge in [-0.25, -0.2) is 0 Å². The van der Waals surface area contributed by atoms with Crippen molar-refractivity contribution < 1.29 is 0 Å². The van der Waals surface area contributed by atoms with Gasteiger partial charge in [0.15, 0.2) is 0 Å². The number of hydrogen-bond donors (Lipinski definition) is 0. The number of hydrogen-bond acceptors (Lipinski definition) is 4. The molecular weight excluding hydrogens is 236 g/mol. The lowest BCUT2D eigenvalue weighted by Crippen LogP contribution is -2.28. The molecule has 1 aliphatic rings. The summed E-state index contributed by atoms with van der Waals surface area (Å²) in [6.07, 6.45) is 6.00. The summed E-state index contributed by atoms with van der Waals surface area (Å²) in [4.78, 5) is 16.7. The highest BCUT2D eigenvalue weighted by Crippen LogP contribution is 2.19. The van der Waals surface area contributed by atoms with Gasteiger partial charge in [0.05, 0.1) is 0 Å². The maximum absolute atomic E-state index is 12.3. The number of thioether (sulfide) groups is 1. The van der Waals surface area contributed by atoms with Gasteiger partial charge in [-0.1, -0.05) is 11.8 Å². The van der Waals surface area contributed by atoms with Crippen LogP contribution in [0.4, 0.5) is 0 Å². The van der Waals surface area contributed by atoms with E-state index in [-0.39, 0.29) is 5.56 Å². The molecule has 0 bridgehead atoms. The van der Waals surface area contributed by atoms with E-state index in [1.807, 2.05) is 17.9 Å². The molecule has 1 aliphatic carbocycles. The molecule has 0 spiro atoms. The van der Waals surface area contributed by atoms with Crippen molar-refractivity contribution >= 4 is 17.5 Å². The predicted molar refractivity (Wildman–Crippen MR) is 66.7 cm³/mol. The summed E-state index contributed by atoms with van der Waals surface area (Å²) < 4.78 is 3.46. The lowest BCUT2D eigenvalue weighted by molar-refractivity contribution is 0.613. The molecule has 0 fully saturated rings. The quantitative estimate of drug-likeness (QED) is 0.709. The topological polar surface area (TPSA) is 52.2 Å². The summed E-state index contributed by atoms with van der Waals surface area (Å²) in [5.74, 6) is 0.653. The van der Waals surface area contributed by atoms with Crippen LogP contribution >= 0.6 is 11.8 Å². The van der Waals surface area contributed by atoms with Crippen molar-refractivity contribution in [2.45, 2.75) is 30.8 Å². The Kier molecular flexibility index (Phi) is 2.47. The van der Waals surface area contributed by atoms with Gasteiger partial charge in [0, 0.05) is 18.3 Å². The van der Waals surface area contributed by atoms with Crippen LogP contribution in [-0.4, -0.2) is 25.4 Å². The minimum absolute atomic E-state index is 0.0144. The van der Waals surface area contributed by atoms with E-state index < -0.39 is 0 Å². The zero-order valence-corrected chi connectivity index (χ0v) is 10.8. The minimum Gasteiger partial charge on any atom is -0.317 e. The highest BCUT2D eigenvalue weighted by Gasteiger charge is 2.20. The van der Waals surface area contributed by atoms with E-state index >= 15 is 0 Å². The van der Waals surface area contributed by atoms with Crippen LogP contribution in [0.5, 0.6) is 0 Å². The first kappa shape index (κ1) is 10.8. The molecule has 17 heavy (non-hydrogen) atoms. The Bertz CT molecular complexity index is 643. The Balaban J connectivity index is 2.41. The van der Waals surface area contributed by atoms with Crippen molar-refractivity contribution in [3.8, 4) is 0 Å². The first-order valence-electron chi connectivity index (χ1n) is 5.74. The van der Waals surface area contributed by atoms with Crippen LogP contribution in [0.3, 0.4) is 0 Å². The van der Waals surface area contributed by atoms with Gasteiger partial charge in [-0.2, -0.15) is 9.50 Å². The molecule has 0 amide bonds. The van der Waals surface area contributed by atoms with Crippen LogP contribution in [0.15, 0.2) is 9.95 Å². The monoisotopic (exact) mass is 250 g/mol. The first-order valence-corrected chi connectivity index (χ1v) is 6.96. The fourth-order valence-corrected chi connectivity index (χ4v) is 2.80. The van der Waals surface area contributed by atoms with E-state index in [1.165, 1.54) is 16.3 Å². The van der Waals surface area contributed by atoms with Gasteiger partial charge >= 0.3 is 0 Å². The molecule has 2 heterocycles. The van der Waals surface area contributed by atoms with Gasteiger partial charge in [-0.3, -0.25) is 4.79 Å². The molecule has 0 atom stereocenters. The Morgan fingerprint density at radius 3 is 2.82 bits per heavy atom. The largest absolute Gasteiger partial charge is 0.317 e. The number of fused-ring (bicyclic) bond motifs is 2. The van der Waals surface area contributed by atoms with Crippen molar-refractivity contribution in [2.75, 3.05) is 6.26 Å². The molecule has 0 aromatic carbocycles. The molecule has 0 unspecified atom stereocenters. The van der Waals surface area contributed by atoms with Gasteiger partial charge in [-0.15, -0.1) is 5.10 Å². The van der Waals surface area contributed by atoms with Crippen molar-refractivity contribution in [1.29, 1.82) is 0 Å². The number of nitrogens with zero attached hydrogens (tertiary/aromatic N) is 4. The van der Waals surface area contributed by atoms with Gasteiger partial charge < -0.3 is 4.57 Å². The van der Waals surface area contributed by atoms with E-state index in [4.69, 9.17) is 0 Å². The van der Waals surface area contributed by atoms with Gasteiger partial charge in [-0.05, 0) is 31.9 Å². The third-order valence-electron chi connectivity index (χ3n) is 3.35. The molecule has 2 aromatic rings. The SMILES string of the molecule is CSc1nc2n(C)c3c(c(=O)n2n1)CCCC3. The second-order valence-corrected chi connectivity index (χ2v) is 5.08. The molecule has 0 saturated carbocycles. The van der Waals surface area contributed by atoms with E-state index in [2.05, 4.69) is 10.1 Å². The molecule has 0 saturated heterocycles. The number of rotatable bonds is 1. The van der Waals surface area contributed by atoms with Crippen LogP contribution in [0.2, 0.25) is 0 Å². The van der Waals surface area contributed by atoms with Gasteiger partial charge in [0.2, 0.25) is 10.9 Å². The highest BCUT2D eigenvalue weighted by molar-refractivity contribution is 7.98. The Morgan fingerprint density at radius 2 is 2.06 bits per heavy atom. The smallest absolute Gasteiger partial charge is 0.279 e. The molecule has 90 valence electrons. The Labute approximate surface area is 103 Å². The molecule has 0 aliphatic heterocycles. The first-order chi connectivity index (χ1) is 8.22. The maximum Gasteiger partial charge on any atom is 0.279 e. The van der Waals surface area contributed by atoms with Crippen LogP contribution < -0.4 is 5.56 Å². The van der Waals surface area contributed by atoms with Crippen molar-refractivity contribution in [3.63, 3.8) is 0 Å². The van der Waals surface area contributed by atoms with E-state index in [0.717, 1.165) is 36.9 Å².